The molecular weight excluding hydrogens is 290 g/mol. The van der Waals surface area contributed by atoms with Gasteiger partial charge in [0.25, 0.3) is 0 Å². The minimum absolute atomic E-state index is 0.135. The van der Waals surface area contributed by atoms with Crippen molar-refractivity contribution in [1.29, 1.82) is 0 Å². The van der Waals surface area contributed by atoms with Gasteiger partial charge in [-0.05, 0) is 43.9 Å². The zero-order valence-electron chi connectivity index (χ0n) is 14.3. The summed E-state index contributed by atoms with van der Waals surface area (Å²) in [5.74, 6) is 0. The predicted molar refractivity (Wildman–Crippen MR) is 91.5 cm³/mol. The topological polar surface area (TPSA) is 46.5 Å². The summed E-state index contributed by atoms with van der Waals surface area (Å²) in [5.41, 5.74) is 1.95. The Hall–Kier alpha value is -2.01. The second kappa shape index (κ2) is 5.89. The number of hydrogen-bond donors (Lipinski definition) is 1. The van der Waals surface area contributed by atoms with Crippen LogP contribution in [0.15, 0.2) is 30.5 Å². The second-order valence-electron chi connectivity index (χ2n) is 7.18. The molecule has 1 fully saturated rings. The largest absolute Gasteiger partial charge is 0.444 e. The molecule has 1 amide bonds. The van der Waals surface area contributed by atoms with Crippen LogP contribution < -0.4 is 5.32 Å². The molecule has 2 aromatic rings. The third-order valence-corrected chi connectivity index (χ3v) is 4.14. The third-order valence-electron chi connectivity index (χ3n) is 4.14. The number of carbonyl (C=O) groups is 1. The van der Waals surface area contributed by atoms with Crippen LogP contribution in [-0.4, -0.2) is 40.8 Å². The van der Waals surface area contributed by atoms with Crippen LogP contribution in [0.25, 0.3) is 10.9 Å². The molecule has 0 bridgehead atoms. The highest BCUT2D eigenvalue weighted by Crippen LogP contribution is 2.24. The van der Waals surface area contributed by atoms with Gasteiger partial charge in [0, 0.05) is 38.4 Å². The van der Waals surface area contributed by atoms with Crippen molar-refractivity contribution in [2.75, 3.05) is 19.6 Å². The molecule has 23 heavy (non-hydrogen) atoms. The van der Waals surface area contributed by atoms with E-state index in [1.807, 2.05) is 27.8 Å². The molecule has 0 spiro atoms. The Balaban J connectivity index is 1.77. The van der Waals surface area contributed by atoms with Crippen molar-refractivity contribution in [2.45, 2.75) is 32.4 Å². The number of carbonyl (C=O) groups excluding carboxylic acids is 1. The number of fused-ring (bicyclic) bond motifs is 1. The molecule has 0 radical (unpaired) electrons. The van der Waals surface area contributed by atoms with Gasteiger partial charge in [-0.2, -0.15) is 0 Å². The summed E-state index contributed by atoms with van der Waals surface area (Å²) in [6, 6.07) is 8.72. The Labute approximate surface area is 137 Å². The highest BCUT2D eigenvalue weighted by Gasteiger charge is 2.28. The van der Waals surface area contributed by atoms with Crippen LogP contribution in [0.5, 0.6) is 0 Å². The summed E-state index contributed by atoms with van der Waals surface area (Å²) in [6.45, 7) is 7.77. The number of rotatable bonds is 1. The van der Waals surface area contributed by atoms with Crippen molar-refractivity contribution in [3.8, 4) is 0 Å². The minimum Gasteiger partial charge on any atom is -0.444 e. The molecule has 0 aliphatic carbocycles. The molecule has 5 heteroatoms. The molecule has 2 heterocycles. The van der Waals surface area contributed by atoms with Crippen molar-refractivity contribution in [1.82, 2.24) is 14.8 Å². The molecule has 1 aliphatic rings. The molecule has 1 aliphatic heterocycles. The Bertz CT molecular complexity index is 715. The zero-order valence-corrected chi connectivity index (χ0v) is 14.3. The Morgan fingerprint density at radius 1 is 1.30 bits per heavy atom. The van der Waals surface area contributed by atoms with Crippen LogP contribution in [0, 0.1) is 0 Å². The summed E-state index contributed by atoms with van der Waals surface area (Å²) in [6.07, 6.45) is 1.83. The van der Waals surface area contributed by atoms with Crippen molar-refractivity contribution in [3.63, 3.8) is 0 Å². The van der Waals surface area contributed by atoms with E-state index in [0.29, 0.717) is 13.1 Å². The number of aromatic nitrogens is 1. The van der Waals surface area contributed by atoms with Crippen LogP contribution in [0.3, 0.4) is 0 Å². The van der Waals surface area contributed by atoms with Crippen LogP contribution in [0.1, 0.15) is 32.4 Å². The van der Waals surface area contributed by atoms with Crippen LogP contribution in [0.4, 0.5) is 4.79 Å². The van der Waals surface area contributed by atoms with Gasteiger partial charge in [-0.25, -0.2) is 4.79 Å². The molecular formula is C18H25N3O2. The number of benzene rings is 1. The smallest absolute Gasteiger partial charge is 0.410 e. The summed E-state index contributed by atoms with van der Waals surface area (Å²) >= 11 is 0. The monoisotopic (exact) mass is 315 g/mol. The Morgan fingerprint density at radius 3 is 2.83 bits per heavy atom. The SMILES string of the molecule is Cn1ccc2ccc(C3CN(C(=O)OC(C)(C)C)CCN3)cc21. The van der Waals surface area contributed by atoms with Gasteiger partial charge in [0.1, 0.15) is 5.60 Å². The number of hydrogen-bond acceptors (Lipinski definition) is 3. The van der Waals surface area contributed by atoms with Gasteiger partial charge < -0.3 is 19.5 Å². The first kappa shape index (κ1) is 15.9. The quantitative estimate of drug-likeness (QED) is 0.880. The van der Waals surface area contributed by atoms with E-state index in [-0.39, 0.29) is 12.1 Å². The molecule has 1 atom stereocenters. The lowest BCUT2D eigenvalue weighted by molar-refractivity contribution is 0.0195. The predicted octanol–water partition coefficient (Wildman–Crippen LogP) is 3.06. The van der Waals surface area contributed by atoms with E-state index >= 15 is 0 Å². The van der Waals surface area contributed by atoms with Gasteiger partial charge in [-0.15, -0.1) is 0 Å². The maximum absolute atomic E-state index is 12.3. The molecule has 0 saturated carbocycles. The van der Waals surface area contributed by atoms with Crippen molar-refractivity contribution in [3.05, 3.63) is 36.0 Å². The summed E-state index contributed by atoms with van der Waals surface area (Å²) in [4.78, 5) is 14.1. The molecule has 1 saturated heterocycles. The highest BCUT2D eigenvalue weighted by molar-refractivity contribution is 5.81. The third kappa shape index (κ3) is 3.50. The van der Waals surface area contributed by atoms with E-state index in [0.717, 1.165) is 6.54 Å². The van der Waals surface area contributed by atoms with Gasteiger partial charge in [0.2, 0.25) is 0 Å². The lowest BCUT2D eigenvalue weighted by Crippen LogP contribution is -2.49. The molecule has 124 valence electrons. The lowest BCUT2D eigenvalue weighted by atomic mass is 10.0. The fourth-order valence-corrected chi connectivity index (χ4v) is 2.96. The second-order valence-corrected chi connectivity index (χ2v) is 7.18. The first-order chi connectivity index (χ1) is 10.8. The van der Waals surface area contributed by atoms with Crippen LogP contribution >= 0.6 is 0 Å². The summed E-state index contributed by atoms with van der Waals surface area (Å²) in [5, 5.41) is 4.73. The van der Waals surface area contributed by atoms with Gasteiger partial charge in [0.05, 0.1) is 6.04 Å². The maximum Gasteiger partial charge on any atom is 0.410 e. The fraction of sp³-hybridized carbons (Fsp3) is 0.500. The highest BCUT2D eigenvalue weighted by atomic mass is 16.6. The molecule has 5 nitrogen and oxygen atoms in total. The van der Waals surface area contributed by atoms with E-state index in [2.05, 4.69) is 40.3 Å². The van der Waals surface area contributed by atoms with E-state index < -0.39 is 5.60 Å². The number of nitrogens with zero attached hydrogens (tertiary/aromatic N) is 2. The van der Waals surface area contributed by atoms with Crippen LogP contribution in [-0.2, 0) is 11.8 Å². The first-order valence-electron chi connectivity index (χ1n) is 8.10. The number of aryl methyl sites for hydroxylation is 1. The van der Waals surface area contributed by atoms with E-state index in [9.17, 15) is 4.79 Å². The molecule has 1 aromatic heterocycles. The van der Waals surface area contributed by atoms with Gasteiger partial charge in [0.15, 0.2) is 0 Å². The molecule has 1 unspecified atom stereocenters. The van der Waals surface area contributed by atoms with Gasteiger partial charge in [-0.1, -0.05) is 12.1 Å². The normalized spacial score (nSPS) is 19.1. The lowest BCUT2D eigenvalue weighted by Gasteiger charge is -2.35. The maximum atomic E-state index is 12.3. The number of ether oxygens (including phenoxy) is 1. The number of nitrogens with one attached hydrogen (secondary N) is 1. The fourth-order valence-electron chi connectivity index (χ4n) is 2.96. The number of amides is 1. The van der Waals surface area contributed by atoms with E-state index in [4.69, 9.17) is 4.74 Å². The Morgan fingerprint density at radius 2 is 2.09 bits per heavy atom. The van der Waals surface area contributed by atoms with Crippen molar-refractivity contribution >= 4 is 17.0 Å². The molecule has 1 aromatic carbocycles. The van der Waals surface area contributed by atoms with E-state index in [1.54, 1.807) is 4.90 Å². The van der Waals surface area contributed by atoms with Crippen molar-refractivity contribution < 1.29 is 9.53 Å². The zero-order chi connectivity index (χ0) is 16.6. The van der Waals surface area contributed by atoms with Gasteiger partial charge in [-0.3, -0.25) is 0 Å². The molecule has 1 N–H and O–H groups in total. The summed E-state index contributed by atoms with van der Waals surface area (Å²) < 4.78 is 7.61. The minimum atomic E-state index is -0.459. The average Bonchev–Trinajstić information content (AvgIpc) is 2.87. The Kier molecular flexibility index (Phi) is 4.06. The first-order valence-corrected chi connectivity index (χ1v) is 8.10. The molecule has 3 rings (SSSR count). The van der Waals surface area contributed by atoms with Gasteiger partial charge >= 0.3 is 6.09 Å². The average molecular weight is 315 g/mol. The van der Waals surface area contributed by atoms with E-state index in [1.165, 1.54) is 16.5 Å². The van der Waals surface area contributed by atoms with Crippen LogP contribution in [0.2, 0.25) is 0 Å². The van der Waals surface area contributed by atoms with Crippen molar-refractivity contribution in [2.24, 2.45) is 7.05 Å². The standard InChI is InChI=1S/C18H25N3O2/c1-18(2,3)23-17(22)21-10-8-19-15(12-21)14-6-5-13-7-9-20(4)16(13)11-14/h5-7,9,11,15,19H,8,10,12H2,1-4H3. The summed E-state index contributed by atoms with van der Waals surface area (Å²) in [7, 11) is 2.05. The number of piperazine rings is 1.